The van der Waals surface area contributed by atoms with Crippen molar-refractivity contribution in [3.63, 3.8) is 0 Å². The zero-order chi connectivity index (χ0) is 18.9. The number of likely N-dealkylation sites (N-methyl/N-ethyl adjacent to an activating group) is 1. The molecule has 0 unspecified atom stereocenters. The molecule has 3 rings (SSSR count). The minimum absolute atomic E-state index is 0.0809. The number of hydrogen-bond donors (Lipinski definition) is 2. The Kier molecular flexibility index (Phi) is 4.65. The van der Waals surface area contributed by atoms with Crippen LogP contribution < -0.4 is 11.1 Å². The topological polar surface area (TPSA) is 84.8 Å². The average molecular weight is 353 g/mol. The van der Waals surface area contributed by atoms with Gasteiger partial charge in [0.1, 0.15) is 5.69 Å². The molecule has 0 saturated heterocycles. The summed E-state index contributed by atoms with van der Waals surface area (Å²) in [6, 6.07) is 5.83. The Bertz CT molecular complexity index is 943. The zero-order valence-corrected chi connectivity index (χ0v) is 15.7. The lowest BCUT2D eigenvalue weighted by atomic mass is 10.0. The molecule has 0 amide bonds. The molecule has 7 nitrogen and oxygen atoms in total. The number of aromatic nitrogens is 2. The highest BCUT2D eigenvalue weighted by molar-refractivity contribution is 6.22. The van der Waals surface area contributed by atoms with Gasteiger partial charge in [-0.15, -0.1) is 5.10 Å². The molecule has 7 heteroatoms. The summed E-state index contributed by atoms with van der Waals surface area (Å²) in [7, 11) is 6.43. The largest absolute Gasteiger partial charge is 0.397 e. The maximum atomic E-state index is 11.8. The van der Waals surface area contributed by atoms with Crippen LogP contribution in [0.15, 0.2) is 52.8 Å². The van der Waals surface area contributed by atoms with Gasteiger partial charge in [0, 0.05) is 12.3 Å². The molecule has 0 aromatic carbocycles. The van der Waals surface area contributed by atoms with Crippen LogP contribution in [-0.4, -0.2) is 59.8 Å². The molecule has 0 bridgehead atoms. The lowest BCUT2D eigenvalue weighted by molar-refractivity contribution is -0.868. The predicted octanol–water partition coefficient (Wildman–Crippen LogP) is 1.90. The SMILES string of the molecule is CC1=CC(=Nc2c(NCC[N+](C)(C)C)nn3ccccc23)C(N)=CC1=O. The third kappa shape index (κ3) is 3.83. The van der Waals surface area contributed by atoms with E-state index >= 15 is 0 Å². The smallest absolute Gasteiger partial charge is 0.183 e. The lowest BCUT2D eigenvalue weighted by Crippen LogP contribution is -2.38. The molecule has 0 spiro atoms. The van der Waals surface area contributed by atoms with Crippen molar-refractivity contribution in [1.82, 2.24) is 9.61 Å². The Morgan fingerprint density at radius 1 is 1.27 bits per heavy atom. The fraction of sp³-hybridized carbons (Fsp3) is 0.316. The number of nitrogens with zero attached hydrogens (tertiary/aromatic N) is 4. The molecule has 3 N–H and O–H groups in total. The quantitative estimate of drug-likeness (QED) is 0.635. The molecule has 26 heavy (non-hydrogen) atoms. The van der Waals surface area contributed by atoms with Crippen molar-refractivity contribution in [2.75, 3.05) is 39.5 Å². The van der Waals surface area contributed by atoms with Gasteiger partial charge in [-0.05, 0) is 30.7 Å². The minimum Gasteiger partial charge on any atom is -0.397 e. The molecular formula is C19H25N6O+. The molecular weight excluding hydrogens is 328 g/mol. The van der Waals surface area contributed by atoms with E-state index in [1.54, 1.807) is 17.5 Å². The number of rotatable bonds is 5. The minimum atomic E-state index is -0.0809. The summed E-state index contributed by atoms with van der Waals surface area (Å²) in [5.41, 5.74) is 9.18. The second-order valence-corrected chi connectivity index (χ2v) is 7.46. The molecule has 136 valence electrons. The number of allylic oxidation sites excluding steroid dienone is 3. The number of fused-ring (bicyclic) bond motifs is 1. The Labute approximate surface area is 153 Å². The molecule has 0 saturated carbocycles. The second-order valence-electron chi connectivity index (χ2n) is 7.46. The Balaban J connectivity index is 2.01. The molecule has 2 heterocycles. The highest BCUT2D eigenvalue weighted by atomic mass is 16.1. The number of anilines is 1. The van der Waals surface area contributed by atoms with Gasteiger partial charge in [0.25, 0.3) is 0 Å². The molecule has 0 aliphatic heterocycles. The fourth-order valence-corrected chi connectivity index (χ4v) is 2.63. The molecule has 0 atom stereocenters. The fourth-order valence-electron chi connectivity index (χ4n) is 2.63. The molecule has 1 aliphatic rings. The van der Waals surface area contributed by atoms with Crippen LogP contribution in [0.3, 0.4) is 0 Å². The second kappa shape index (κ2) is 6.76. The first kappa shape index (κ1) is 17.9. The number of carbonyl (C=O) groups is 1. The summed E-state index contributed by atoms with van der Waals surface area (Å²) in [5, 5.41) is 7.98. The Morgan fingerprint density at radius 2 is 2.04 bits per heavy atom. The van der Waals surface area contributed by atoms with Crippen LogP contribution in [-0.2, 0) is 4.79 Å². The highest BCUT2D eigenvalue weighted by Crippen LogP contribution is 2.30. The van der Waals surface area contributed by atoms with Crippen molar-refractivity contribution < 1.29 is 9.28 Å². The summed E-state index contributed by atoms with van der Waals surface area (Å²) < 4.78 is 2.64. The number of aliphatic imine (C=N–C) groups is 1. The summed E-state index contributed by atoms with van der Waals surface area (Å²) in [5.74, 6) is 0.621. The summed E-state index contributed by atoms with van der Waals surface area (Å²) in [6.07, 6.45) is 5.03. The van der Waals surface area contributed by atoms with E-state index in [-0.39, 0.29) is 5.78 Å². The standard InChI is InChI=1S/C19H24N6O/c1-13-11-15(14(20)12-17(13)26)22-18-16-7-5-6-9-24(16)23-19(18)21-8-10-25(2,3)4/h5-7,9,11-12H,8,10H2,1-4H3,(H2-,20,21,23,26)/p+1. The van der Waals surface area contributed by atoms with Crippen LogP contribution in [0.5, 0.6) is 0 Å². The third-order valence-corrected chi connectivity index (χ3v) is 4.15. The molecule has 0 radical (unpaired) electrons. The average Bonchev–Trinajstić information content (AvgIpc) is 2.89. The number of quaternary nitrogens is 1. The Hall–Kier alpha value is -2.93. The van der Waals surface area contributed by atoms with Crippen LogP contribution in [0.1, 0.15) is 6.92 Å². The molecule has 1 aliphatic carbocycles. The van der Waals surface area contributed by atoms with E-state index in [0.717, 1.165) is 28.8 Å². The van der Waals surface area contributed by atoms with Gasteiger partial charge in [0.05, 0.1) is 51.2 Å². The Morgan fingerprint density at radius 3 is 2.77 bits per heavy atom. The number of nitrogens with two attached hydrogens (primary N) is 1. The van der Waals surface area contributed by atoms with Gasteiger partial charge in [-0.3, -0.25) is 4.79 Å². The van der Waals surface area contributed by atoms with Crippen molar-refractivity contribution in [1.29, 1.82) is 0 Å². The van der Waals surface area contributed by atoms with Crippen molar-refractivity contribution in [3.8, 4) is 0 Å². The monoisotopic (exact) mass is 353 g/mol. The first-order valence-electron chi connectivity index (χ1n) is 8.55. The van der Waals surface area contributed by atoms with Crippen LogP contribution in [0.4, 0.5) is 11.5 Å². The van der Waals surface area contributed by atoms with Crippen molar-refractivity contribution in [3.05, 3.63) is 47.8 Å². The van der Waals surface area contributed by atoms with E-state index in [9.17, 15) is 4.79 Å². The molecule has 0 fully saturated rings. The van der Waals surface area contributed by atoms with E-state index in [1.165, 1.54) is 6.08 Å². The maximum absolute atomic E-state index is 11.8. The van der Waals surface area contributed by atoms with E-state index in [2.05, 4.69) is 31.6 Å². The van der Waals surface area contributed by atoms with Crippen LogP contribution in [0.2, 0.25) is 0 Å². The van der Waals surface area contributed by atoms with E-state index in [4.69, 9.17) is 10.7 Å². The number of nitrogens with one attached hydrogen (secondary N) is 1. The number of ketones is 1. The number of pyridine rings is 1. The van der Waals surface area contributed by atoms with Gasteiger partial charge in [-0.2, -0.15) is 0 Å². The normalized spacial score (nSPS) is 16.8. The summed E-state index contributed by atoms with van der Waals surface area (Å²) >= 11 is 0. The lowest BCUT2D eigenvalue weighted by Gasteiger charge is -2.23. The van der Waals surface area contributed by atoms with Crippen LogP contribution >= 0.6 is 0 Å². The van der Waals surface area contributed by atoms with Gasteiger partial charge < -0.3 is 15.5 Å². The van der Waals surface area contributed by atoms with E-state index < -0.39 is 0 Å². The van der Waals surface area contributed by atoms with Gasteiger partial charge in [-0.25, -0.2) is 9.51 Å². The summed E-state index contributed by atoms with van der Waals surface area (Å²) in [4.78, 5) is 16.5. The zero-order valence-electron chi connectivity index (χ0n) is 15.7. The van der Waals surface area contributed by atoms with Gasteiger partial charge in [-0.1, -0.05) is 6.07 Å². The number of carbonyl (C=O) groups excluding carboxylic acids is 1. The molecule has 2 aromatic heterocycles. The van der Waals surface area contributed by atoms with Crippen LogP contribution in [0.25, 0.3) is 5.52 Å². The van der Waals surface area contributed by atoms with Crippen molar-refractivity contribution in [2.45, 2.75) is 6.92 Å². The van der Waals surface area contributed by atoms with Gasteiger partial charge in [0.15, 0.2) is 11.6 Å². The maximum Gasteiger partial charge on any atom is 0.183 e. The van der Waals surface area contributed by atoms with Gasteiger partial charge in [0.2, 0.25) is 0 Å². The first-order chi connectivity index (χ1) is 12.2. The van der Waals surface area contributed by atoms with E-state index in [1.807, 2.05) is 24.4 Å². The highest BCUT2D eigenvalue weighted by Gasteiger charge is 2.17. The molecule has 2 aromatic rings. The predicted molar refractivity (Wildman–Crippen MR) is 105 cm³/mol. The number of hydrogen-bond acceptors (Lipinski definition) is 5. The van der Waals surface area contributed by atoms with Gasteiger partial charge >= 0.3 is 0 Å². The van der Waals surface area contributed by atoms with Crippen molar-refractivity contribution in [2.24, 2.45) is 10.7 Å². The summed E-state index contributed by atoms with van der Waals surface area (Å²) in [6.45, 7) is 3.47. The van der Waals surface area contributed by atoms with Crippen LogP contribution in [0, 0.1) is 0 Å². The third-order valence-electron chi connectivity index (χ3n) is 4.15. The first-order valence-corrected chi connectivity index (χ1v) is 8.55. The van der Waals surface area contributed by atoms with E-state index in [0.29, 0.717) is 22.8 Å². The van der Waals surface area contributed by atoms with Crippen molar-refractivity contribution >= 4 is 28.5 Å².